The molecular formula is C22H12F27NO3. The Hall–Kier alpha value is -2.99. The lowest BCUT2D eigenvalue weighted by atomic mass is 9.81. The van der Waals surface area contributed by atoms with Crippen LogP contribution in [0.1, 0.15) is 5.56 Å². The second kappa shape index (κ2) is 13.6. The summed E-state index contributed by atoms with van der Waals surface area (Å²) in [6.45, 7) is -11.9. The Kier molecular flexibility index (Phi) is 12.4. The molecule has 0 saturated carbocycles. The quantitative estimate of drug-likeness (QED) is 0.188. The molecule has 31 heteroatoms. The van der Waals surface area contributed by atoms with E-state index < -0.39 is 109 Å². The zero-order chi connectivity index (χ0) is 42.7. The maximum atomic E-state index is 13.5. The fourth-order valence-corrected chi connectivity index (χ4v) is 4.13. The standard InChI is InChI=1S/C22H12F27NO3/c23-14(24,25)11(15(26,27)28,16(29,30)31)51-5-10(8-1-3-9(50)4-2-8,6-52-12(17(32,33)34,18(35,36)37)19(38,39)40)7-53-13(20(41,42)43,21(44,45)46)22(47,48)49/h1-4H,5-7,50H2. The molecule has 0 atom stereocenters. The number of hydrogen-bond donors (Lipinski definition) is 1. The molecule has 0 aliphatic carbocycles. The van der Waals surface area contributed by atoms with Crippen molar-refractivity contribution in [3.63, 3.8) is 0 Å². The molecule has 0 fully saturated rings. The number of hydrogen-bond acceptors (Lipinski definition) is 4. The summed E-state index contributed by atoms with van der Waals surface area (Å²) in [5, 5.41) is 0. The van der Waals surface area contributed by atoms with Crippen molar-refractivity contribution in [1.82, 2.24) is 0 Å². The van der Waals surface area contributed by atoms with Gasteiger partial charge < -0.3 is 19.9 Å². The fraction of sp³-hybridized carbons (Fsp3) is 0.727. The van der Waals surface area contributed by atoms with Crippen LogP contribution >= 0.6 is 0 Å². The first-order valence-corrected chi connectivity index (χ1v) is 12.3. The molecule has 53 heavy (non-hydrogen) atoms. The van der Waals surface area contributed by atoms with Gasteiger partial charge in [0.1, 0.15) is 0 Å². The van der Waals surface area contributed by atoms with Crippen LogP contribution in [0.15, 0.2) is 24.3 Å². The van der Waals surface area contributed by atoms with Gasteiger partial charge in [-0.1, -0.05) is 12.1 Å². The van der Waals surface area contributed by atoms with E-state index in [0.717, 1.165) is 0 Å². The molecule has 0 heterocycles. The highest BCUT2D eigenvalue weighted by Crippen LogP contribution is 2.59. The van der Waals surface area contributed by atoms with Gasteiger partial charge in [-0.2, -0.15) is 119 Å². The zero-order valence-corrected chi connectivity index (χ0v) is 23.9. The van der Waals surface area contributed by atoms with Crippen molar-refractivity contribution in [2.24, 2.45) is 0 Å². The van der Waals surface area contributed by atoms with E-state index in [1.807, 2.05) is 0 Å². The van der Waals surface area contributed by atoms with Crippen LogP contribution < -0.4 is 5.73 Å². The summed E-state index contributed by atoms with van der Waals surface area (Å²) in [7, 11) is 0. The molecule has 1 aromatic carbocycles. The molecule has 0 spiro atoms. The average Bonchev–Trinajstić information content (AvgIpc) is 2.81. The topological polar surface area (TPSA) is 53.7 Å². The Balaban J connectivity index is 4.58. The first-order valence-electron chi connectivity index (χ1n) is 12.3. The van der Waals surface area contributed by atoms with Crippen LogP contribution in [0.2, 0.25) is 0 Å². The third-order valence-corrected chi connectivity index (χ3v) is 6.81. The van der Waals surface area contributed by atoms with Crippen LogP contribution in [0.3, 0.4) is 0 Å². The van der Waals surface area contributed by atoms with Gasteiger partial charge in [0.2, 0.25) is 0 Å². The van der Waals surface area contributed by atoms with Gasteiger partial charge in [0.05, 0.1) is 25.2 Å². The van der Waals surface area contributed by atoms with E-state index in [0.29, 0.717) is 0 Å². The van der Waals surface area contributed by atoms with Crippen molar-refractivity contribution < 1.29 is 133 Å². The Bertz CT molecular complexity index is 1130. The number of halogens is 27. The van der Waals surface area contributed by atoms with E-state index in [9.17, 15) is 119 Å². The van der Waals surface area contributed by atoms with Crippen molar-refractivity contribution in [1.29, 1.82) is 0 Å². The Morgan fingerprint density at radius 2 is 0.491 bits per heavy atom. The van der Waals surface area contributed by atoms with Crippen molar-refractivity contribution >= 4 is 5.69 Å². The molecule has 0 aliphatic rings. The third kappa shape index (κ3) is 8.19. The molecule has 0 amide bonds. The molecule has 312 valence electrons. The number of ether oxygens (including phenoxy) is 3. The number of anilines is 1. The van der Waals surface area contributed by atoms with E-state index in [4.69, 9.17) is 5.73 Å². The minimum Gasteiger partial charge on any atom is -0.399 e. The minimum absolute atomic E-state index is 0.0314. The van der Waals surface area contributed by atoms with Gasteiger partial charge in [-0.3, -0.25) is 0 Å². The van der Waals surface area contributed by atoms with Crippen LogP contribution in [0.4, 0.5) is 124 Å². The molecule has 0 aliphatic heterocycles. The Labute approximate surface area is 272 Å². The van der Waals surface area contributed by atoms with E-state index in [1.54, 1.807) is 0 Å². The summed E-state index contributed by atoms with van der Waals surface area (Å²) >= 11 is 0. The molecule has 1 rings (SSSR count). The highest BCUT2D eigenvalue weighted by molar-refractivity contribution is 5.42. The molecule has 0 aromatic heterocycles. The fourth-order valence-electron chi connectivity index (χ4n) is 4.13. The smallest absolute Gasteiger partial charge is 0.399 e. The maximum Gasteiger partial charge on any atom is 0.435 e. The van der Waals surface area contributed by atoms with E-state index in [1.165, 1.54) is 0 Å². The second-order valence-corrected chi connectivity index (χ2v) is 10.3. The van der Waals surface area contributed by atoms with Crippen LogP contribution in [0, 0.1) is 0 Å². The average molecular weight is 851 g/mol. The summed E-state index contributed by atoms with van der Waals surface area (Å²) in [6, 6.07) is -0.614. The van der Waals surface area contributed by atoms with E-state index >= 15 is 0 Å². The van der Waals surface area contributed by atoms with Crippen LogP contribution in [0.25, 0.3) is 0 Å². The lowest BCUT2D eigenvalue weighted by molar-refractivity contribution is -0.470. The first-order chi connectivity index (χ1) is 22.9. The van der Waals surface area contributed by atoms with Crippen molar-refractivity contribution in [3.05, 3.63) is 29.8 Å². The number of rotatable bonds is 10. The SMILES string of the molecule is Nc1ccc(C(COC(C(F)(F)F)(C(F)(F)F)C(F)(F)F)(COC(C(F)(F)F)(C(F)(F)F)C(F)(F)F)COC(C(F)(F)F)(C(F)(F)F)C(F)(F)F)cc1. The van der Waals surface area contributed by atoms with Crippen molar-refractivity contribution in [3.8, 4) is 0 Å². The van der Waals surface area contributed by atoms with E-state index in [2.05, 4.69) is 14.2 Å². The van der Waals surface area contributed by atoms with Gasteiger partial charge >= 0.3 is 72.4 Å². The lowest BCUT2D eigenvalue weighted by Gasteiger charge is -2.45. The van der Waals surface area contributed by atoms with Crippen LogP contribution in [-0.4, -0.2) is 92.2 Å². The molecule has 1 aromatic rings. The van der Waals surface area contributed by atoms with Crippen molar-refractivity contribution in [2.45, 2.75) is 77.8 Å². The van der Waals surface area contributed by atoms with Gasteiger partial charge in [0, 0.05) is 5.69 Å². The molecule has 0 unspecified atom stereocenters. The largest absolute Gasteiger partial charge is 0.435 e. The van der Waals surface area contributed by atoms with Gasteiger partial charge in [-0.05, 0) is 17.7 Å². The third-order valence-electron chi connectivity index (χ3n) is 6.81. The summed E-state index contributed by atoms with van der Waals surface area (Å²) in [5.74, 6) is 0. The molecule has 0 saturated heterocycles. The Morgan fingerprint density at radius 3 is 0.642 bits per heavy atom. The van der Waals surface area contributed by atoms with Gasteiger partial charge in [0.25, 0.3) is 0 Å². The molecule has 0 radical (unpaired) electrons. The molecule has 4 nitrogen and oxygen atoms in total. The first kappa shape index (κ1) is 48.0. The molecule has 0 bridgehead atoms. The van der Waals surface area contributed by atoms with Crippen molar-refractivity contribution in [2.75, 3.05) is 25.6 Å². The lowest BCUT2D eigenvalue weighted by Crippen LogP contribution is -2.71. The second-order valence-electron chi connectivity index (χ2n) is 10.3. The van der Waals surface area contributed by atoms with Gasteiger partial charge in [-0.25, -0.2) is 0 Å². The summed E-state index contributed by atoms with van der Waals surface area (Å²) in [6.07, 6.45) is -72.3. The van der Waals surface area contributed by atoms with E-state index in [-0.39, 0.29) is 24.3 Å². The number of nitrogens with two attached hydrogens (primary N) is 1. The summed E-state index contributed by atoms with van der Waals surface area (Å²) in [4.78, 5) is 0. The van der Waals surface area contributed by atoms with Gasteiger partial charge in [-0.15, -0.1) is 0 Å². The monoisotopic (exact) mass is 851 g/mol. The summed E-state index contributed by atoms with van der Waals surface area (Å²) < 4.78 is 374. The predicted octanol–water partition coefficient (Wildman–Crippen LogP) is 9.83. The highest BCUT2D eigenvalue weighted by atomic mass is 19.5. The maximum absolute atomic E-state index is 13.5. The van der Waals surface area contributed by atoms with Gasteiger partial charge in [0.15, 0.2) is 0 Å². The normalized spacial score (nSPS) is 16.0. The molecule has 2 N–H and O–H groups in total. The minimum atomic E-state index is -8.03. The molecular weight excluding hydrogens is 839 g/mol. The predicted molar refractivity (Wildman–Crippen MR) is 113 cm³/mol. The number of alkyl halides is 27. The van der Waals surface area contributed by atoms with Crippen LogP contribution in [0.5, 0.6) is 0 Å². The number of nitrogen functional groups attached to an aromatic ring is 1. The zero-order valence-electron chi connectivity index (χ0n) is 23.9. The number of benzene rings is 1. The Morgan fingerprint density at radius 1 is 0.321 bits per heavy atom. The summed E-state index contributed by atoms with van der Waals surface area (Å²) in [5.41, 5.74) is -26.8. The highest BCUT2D eigenvalue weighted by Gasteiger charge is 2.88. The van der Waals surface area contributed by atoms with Crippen LogP contribution in [-0.2, 0) is 19.6 Å².